The first-order chi connectivity index (χ1) is 7.66. The summed E-state index contributed by atoms with van der Waals surface area (Å²) in [6, 6.07) is 0. The molecule has 4 heteroatoms. The first-order valence-electron chi connectivity index (χ1n) is 5.53. The molecule has 0 saturated heterocycles. The summed E-state index contributed by atoms with van der Waals surface area (Å²) < 4.78 is 0. The third kappa shape index (κ3) is 10.5. The SMILES string of the molecule is CCCCCC/C=C/NC(=O)/C=C/C(=O)O. The highest BCUT2D eigenvalue weighted by Crippen LogP contribution is 2.02. The van der Waals surface area contributed by atoms with E-state index in [1.54, 1.807) is 6.20 Å². The molecule has 0 spiro atoms. The Bertz CT molecular complexity index is 269. The van der Waals surface area contributed by atoms with Crippen molar-refractivity contribution in [3.8, 4) is 0 Å². The van der Waals surface area contributed by atoms with Crippen molar-refractivity contribution >= 4 is 11.9 Å². The van der Waals surface area contributed by atoms with Crippen LogP contribution in [0, 0.1) is 0 Å². The predicted octanol–water partition coefficient (Wildman–Crippen LogP) is 2.23. The molecule has 0 aliphatic carbocycles. The van der Waals surface area contributed by atoms with E-state index in [1.165, 1.54) is 19.3 Å². The van der Waals surface area contributed by atoms with Gasteiger partial charge in [-0.3, -0.25) is 4.79 Å². The van der Waals surface area contributed by atoms with Crippen LogP contribution in [0.1, 0.15) is 39.0 Å². The molecular formula is C12H19NO3. The van der Waals surface area contributed by atoms with Gasteiger partial charge in [-0.2, -0.15) is 0 Å². The lowest BCUT2D eigenvalue weighted by atomic mass is 10.1. The average Bonchev–Trinajstić information content (AvgIpc) is 2.25. The van der Waals surface area contributed by atoms with Gasteiger partial charge < -0.3 is 10.4 Å². The van der Waals surface area contributed by atoms with E-state index in [2.05, 4.69) is 12.2 Å². The van der Waals surface area contributed by atoms with Crippen LogP contribution in [0.3, 0.4) is 0 Å². The topological polar surface area (TPSA) is 66.4 Å². The number of carbonyl (C=O) groups excluding carboxylic acids is 1. The summed E-state index contributed by atoms with van der Waals surface area (Å²) in [6.07, 6.45) is 10.9. The van der Waals surface area contributed by atoms with Crippen LogP contribution in [0.25, 0.3) is 0 Å². The largest absolute Gasteiger partial charge is 0.478 e. The van der Waals surface area contributed by atoms with Gasteiger partial charge in [0.05, 0.1) is 0 Å². The maximum Gasteiger partial charge on any atom is 0.328 e. The molecule has 0 heterocycles. The maximum atomic E-state index is 11.0. The monoisotopic (exact) mass is 225 g/mol. The molecule has 1 amide bonds. The van der Waals surface area contributed by atoms with Crippen molar-refractivity contribution in [2.45, 2.75) is 39.0 Å². The Labute approximate surface area is 96.0 Å². The second-order valence-corrected chi connectivity index (χ2v) is 3.43. The van der Waals surface area contributed by atoms with Gasteiger partial charge in [0.2, 0.25) is 5.91 Å². The third-order valence-corrected chi connectivity index (χ3v) is 1.95. The zero-order valence-corrected chi connectivity index (χ0v) is 9.61. The van der Waals surface area contributed by atoms with E-state index in [1.807, 2.05) is 6.08 Å². The molecule has 0 saturated carbocycles. The normalized spacial score (nSPS) is 11.1. The van der Waals surface area contributed by atoms with Crippen molar-refractivity contribution in [2.24, 2.45) is 0 Å². The van der Waals surface area contributed by atoms with Gasteiger partial charge in [-0.05, 0) is 12.8 Å². The summed E-state index contributed by atoms with van der Waals surface area (Å²) in [6.45, 7) is 2.16. The van der Waals surface area contributed by atoms with Crippen LogP contribution < -0.4 is 5.32 Å². The number of aliphatic carboxylic acids is 1. The van der Waals surface area contributed by atoms with Crippen LogP contribution >= 0.6 is 0 Å². The molecule has 0 aliphatic rings. The number of hydrogen-bond acceptors (Lipinski definition) is 2. The minimum absolute atomic E-state index is 0.424. The minimum atomic E-state index is -1.13. The second kappa shape index (κ2) is 9.96. The van der Waals surface area contributed by atoms with E-state index >= 15 is 0 Å². The number of amides is 1. The Hall–Kier alpha value is -1.58. The van der Waals surface area contributed by atoms with Gasteiger partial charge in [0.15, 0.2) is 0 Å². The van der Waals surface area contributed by atoms with Gasteiger partial charge in [0.1, 0.15) is 0 Å². The molecule has 4 nitrogen and oxygen atoms in total. The molecule has 0 bridgehead atoms. The smallest absolute Gasteiger partial charge is 0.328 e. The number of hydrogen-bond donors (Lipinski definition) is 2. The predicted molar refractivity (Wildman–Crippen MR) is 62.8 cm³/mol. The van der Waals surface area contributed by atoms with Crippen molar-refractivity contribution in [1.82, 2.24) is 5.32 Å². The van der Waals surface area contributed by atoms with E-state index in [0.717, 1.165) is 25.0 Å². The lowest BCUT2D eigenvalue weighted by Gasteiger charge is -1.95. The highest BCUT2D eigenvalue weighted by molar-refractivity contribution is 5.94. The molecular weight excluding hydrogens is 206 g/mol. The third-order valence-electron chi connectivity index (χ3n) is 1.95. The Morgan fingerprint density at radius 1 is 1.19 bits per heavy atom. The summed E-state index contributed by atoms with van der Waals surface area (Å²) in [5, 5.41) is 10.7. The van der Waals surface area contributed by atoms with Gasteiger partial charge in [0.25, 0.3) is 0 Å². The summed E-state index contributed by atoms with van der Waals surface area (Å²) in [5.41, 5.74) is 0. The fourth-order valence-corrected chi connectivity index (χ4v) is 1.11. The lowest BCUT2D eigenvalue weighted by Crippen LogP contribution is -2.13. The zero-order chi connectivity index (χ0) is 12.2. The van der Waals surface area contributed by atoms with E-state index in [-0.39, 0.29) is 0 Å². The molecule has 0 fully saturated rings. The molecule has 0 aromatic rings. The highest BCUT2D eigenvalue weighted by Gasteiger charge is 1.92. The van der Waals surface area contributed by atoms with E-state index in [9.17, 15) is 9.59 Å². The van der Waals surface area contributed by atoms with Crippen molar-refractivity contribution in [3.05, 3.63) is 24.4 Å². The van der Waals surface area contributed by atoms with Gasteiger partial charge in [-0.25, -0.2) is 4.79 Å². The van der Waals surface area contributed by atoms with Gasteiger partial charge in [0, 0.05) is 18.4 Å². The molecule has 2 N–H and O–H groups in total. The van der Waals surface area contributed by atoms with Gasteiger partial charge in [-0.15, -0.1) is 0 Å². The Kier molecular flexibility index (Phi) is 8.97. The fraction of sp³-hybridized carbons (Fsp3) is 0.500. The molecule has 16 heavy (non-hydrogen) atoms. The van der Waals surface area contributed by atoms with Crippen LogP contribution in [0.2, 0.25) is 0 Å². The van der Waals surface area contributed by atoms with Crippen LogP contribution in [-0.2, 0) is 9.59 Å². The highest BCUT2D eigenvalue weighted by atomic mass is 16.4. The number of nitrogens with one attached hydrogen (secondary N) is 1. The molecule has 0 aromatic heterocycles. The first-order valence-corrected chi connectivity index (χ1v) is 5.53. The van der Waals surface area contributed by atoms with E-state index < -0.39 is 11.9 Å². The summed E-state index contributed by atoms with van der Waals surface area (Å²) in [7, 11) is 0. The Morgan fingerprint density at radius 2 is 1.94 bits per heavy atom. The van der Waals surface area contributed by atoms with Crippen LogP contribution in [0.4, 0.5) is 0 Å². The quantitative estimate of drug-likeness (QED) is 0.491. The first kappa shape index (κ1) is 14.4. The average molecular weight is 225 g/mol. The molecule has 0 aliphatic heterocycles. The number of allylic oxidation sites excluding steroid dienone is 1. The zero-order valence-electron chi connectivity index (χ0n) is 9.61. The van der Waals surface area contributed by atoms with Crippen LogP contribution in [0.5, 0.6) is 0 Å². The number of carboxylic acid groups (broad SMARTS) is 1. The Morgan fingerprint density at radius 3 is 2.56 bits per heavy atom. The fourth-order valence-electron chi connectivity index (χ4n) is 1.11. The minimum Gasteiger partial charge on any atom is -0.478 e. The summed E-state index contributed by atoms with van der Waals surface area (Å²) >= 11 is 0. The molecule has 0 unspecified atom stereocenters. The van der Waals surface area contributed by atoms with Crippen molar-refractivity contribution in [1.29, 1.82) is 0 Å². The van der Waals surface area contributed by atoms with Crippen molar-refractivity contribution in [3.63, 3.8) is 0 Å². The molecule has 0 atom stereocenters. The summed E-state index contributed by atoms with van der Waals surface area (Å²) in [4.78, 5) is 21.1. The molecule has 90 valence electrons. The summed E-state index contributed by atoms with van der Waals surface area (Å²) in [5.74, 6) is -1.55. The number of rotatable bonds is 8. The van der Waals surface area contributed by atoms with Gasteiger partial charge in [-0.1, -0.05) is 32.3 Å². The Balaban J connectivity index is 3.52. The molecule has 0 rings (SSSR count). The second-order valence-electron chi connectivity index (χ2n) is 3.43. The standard InChI is InChI=1S/C12H19NO3/c1-2-3-4-5-6-7-10-13-11(14)8-9-12(15)16/h7-10H,2-6H2,1H3,(H,13,14)(H,15,16)/b9-8+,10-7+. The molecule has 0 radical (unpaired) electrons. The van der Waals surface area contributed by atoms with Gasteiger partial charge >= 0.3 is 5.97 Å². The van der Waals surface area contributed by atoms with Crippen LogP contribution in [0.15, 0.2) is 24.4 Å². The van der Waals surface area contributed by atoms with Crippen LogP contribution in [-0.4, -0.2) is 17.0 Å². The lowest BCUT2D eigenvalue weighted by molar-refractivity contribution is -0.131. The number of unbranched alkanes of at least 4 members (excludes halogenated alkanes) is 4. The van der Waals surface area contributed by atoms with Crippen molar-refractivity contribution < 1.29 is 14.7 Å². The maximum absolute atomic E-state index is 11.0. The molecule has 0 aromatic carbocycles. The number of carboxylic acids is 1. The van der Waals surface area contributed by atoms with E-state index in [4.69, 9.17) is 5.11 Å². The number of carbonyl (C=O) groups is 2. The van der Waals surface area contributed by atoms with Crippen molar-refractivity contribution in [2.75, 3.05) is 0 Å². The van der Waals surface area contributed by atoms with E-state index in [0.29, 0.717) is 0 Å².